The summed E-state index contributed by atoms with van der Waals surface area (Å²) in [4.78, 5) is 27.7. The standard InChI is InChI=1S/C24H31BrN2O3/c1-5-18(4)26-24(29)22(6-2)27(15-19-10-8-7-9-11-19)23(28)16-30-20-12-13-21(25)17(3)14-20/h7-14,18,22H,5-6,15-16H2,1-4H3,(H,26,29)/t18-,22+/m1/s1. The quantitative estimate of drug-likeness (QED) is 0.534. The van der Waals surface area contributed by atoms with Crippen molar-refractivity contribution in [3.05, 3.63) is 64.1 Å². The Balaban J connectivity index is 2.18. The van der Waals surface area contributed by atoms with Crippen molar-refractivity contribution in [3.8, 4) is 5.75 Å². The first kappa shape index (κ1) is 23.9. The zero-order valence-corrected chi connectivity index (χ0v) is 19.7. The molecule has 0 bridgehead atoms. The lowest BCUT2D eigenvalue weighted by molar-refractivity contribution is -0.143. The van der Waals surface area contributed by atoms with Crippen LogP contribution in [-0.4, -0.2) is 35.4 Å². The molecule has 0 spiro atoms. The second-order valence-corrected chi connectivity index (χ2v) is 8.30. The maximum Gasteiger partial charge on any atom is 0.261 e. The van der Waals surface area contributed by atoms with Crippen molar-refractivity contribution in [2.24, 2.45) is 0 Å². The van der Waals surface area contributed by atoms with Crippen molar-refractivity contribution in [1.82, 2.24) is 10.2 Å². The van der Waals surface area contributed by atoms with Gasteiger partial charge in [0.2, 0.25) is 5.91 Å². The molecular weight excluding hydrogens is 444 g/mol. The van der Waals surface area contributed by atoms with E-state index in [0.29, 0.717) is 18.7 Å². The van der Waals surface area contributed by atoms with E-state index >= 15 is 0 Å². The van der Waals surface area contributed by atoms with Crippen LogP contribution in [0.4, 0.5) is 0 Å². The van der Waals surface area contributed by atoms with Gasteiger partial charge >= 0.3 is 0 Å². The molecule has 6 heteroatoms. The summed E-state index contributed by atoms with van der Waals surface area (Å²) < 4.78 is 6.74. The Bertz CT molecular complexity index is 842. The number of hydrogen-bond acceptors (Lipinski definition) is 3. The number of ether oxygens (including phenoxy) is 1. The topological polar surface area (TPSA) is 58.6 Å². The molecule has 0 saturated heterocycles. The summed E-state index contributed by atoms with van der Waals surface area (Å²) in [7, 11) is 0. The van der Waals surface area contributed by atoms with E-state index in [1.165, 1.54) is 0 Å². The summed E-state index contributed by atoms with van der Waals surface area (Å²) in [5.41, 5.74) is 2.00. The highest BCUT2D eigenvalue weighted by atomic mass is 79.9. The van der Waals surface area contributed by atoms with E-state index in [2.05, 4.69) is 21.2 Å². The van der Waals surface area contributed by atoms with Crippen molar-refractivity contribution < 1.29 is 14.3 Å². The molecule has 2 rings (SSSR count). The van der Waals surface area contributed by atoms with Gasteiger partial charge < -0.3 is 15.0 Å². The molecule has 0 fully saturated rings. The molecule has 1 N–H and O–H groups in total. The van der Waals surface area contributed by atoms with E-state index in [9.17, 15) is 9.59 Å². The number of rotatable bonds is 10. The summed E-state index contributed by atoms with van der Waals surface area (Å²) in [6.45, 7) is 8.10. The molecule has 2 atom stereocenters. The van der Waals surface area contributed by atoms with Crippen LogP contribution in [0.3, 0.4) is 0 Å². The minimum Gasteiger partial charge on any atom is -0.484 e. The maximum absolute atomic E-state index is 13.1. The average molecular weight is 475 g/mol. The van der Waals surface area contributed by atoms with Crippen LogP contribution in [0, 0.1) is 6.92 Å². The van der Waals surface area contributed by atoms with E-state index in [1.807, 2.05) is 76.2 Å². The Hall–Kier alpha value is -2.34. The smallest absolute Gasteiger partial charge is 0.261 e. The van der Waals surface area contributed by atoms with Gasteiger partial charge in [0, 0.05) is 17.1 Å². The van der Waals surface area contributed by atoms with Crippen molar-refractivity contribution in [2.75, 3.05) is 6.61 Å². The summed E-state index contributed by atoms with van der Waals surface area (Å²) in [6, 6.07) is 14.8. The number of hydrogen-bond donors (Lipinski definition) is 1. The second kappa shape index (κ2) is 11.7. The molecule has 2 aromatic rings. The van der Waals surface area contributed by atoms with Crippen LogP contribution in [0.25, 0.3) is 0 Å². The van der Waals surface area contributed by atoms with Gasteiger partial charge in [-0.25, -0.2) is 0 Å². The van der Waals surface area contributed by atoms with Gasteiger partial charge in [0.1, 0.15) is 11.8 Å². The molecule has 0 radical (unpaired) electrons. The summed E-state index contributed by atoms with van der Waals surface area (Å²) >= 11 is 3.46. The monoisotopic (exact) mass is 474 g/mol. The lowest BCUT2D eigenvalue weighted by atomic mass is 10.1. The third-order valence-electron chi connectivity index (χ3n) is 5.07. The van der Waals surface area contributed by atoms with Gasteiger partial charge in [-0.3, -0.25) is 9.59 Å². The first-order valence-corrected chi connectivity index (χ1v) is 11.2. The molecule has 0 aliphatic carbocycles. The predicted molar refractivity (Wildman–Crippen MR) is 123 cm³/mol. The third kappa shape index (κ3) is 6.87. The largest absolute Gasteiger partial charge is 0.484 e. The number of halogens is 1. The van der Waals surface area contributed by atoms with Gasteiger partial charge in [-0.05, 0) is 56.0 Å². The Kier molecular flexibility index (Phi) is 9.37. The van der Waals surface area contributed by atoms with Crippen LogP contribution in [0.5, 0.6) is 5.75 Å². The fourth-order valence-electron chi connectivity index (χ4n) is 3.08. The van der Waals surface area contributed by atoms with Crippen molar-refractivity contribution >= 4 is 27.7 Å². The molecule has 162 valence electrons. The van der Waals surface area contributed by atoms with Gasteiger partial charge in [0.15, 0.2) is 6.61 Å². The van der Waals surface area contributed by atoms with Crippen molar-refractivity contribution in [3.63, 3.8) is 0 Å². The zero-order valence-electron chi connectivity index (χ0n) is 18.2. The summed E-state index contributed by atoms with van der Waals surface area (Å²) in [6.07, 6.45) is 1.36. The SMILES string of the molecule is CC[C@@H](C)NC(=O)[C@H](CC)N(Cc1ccccc1)C(=O)COc1ccc(Br)c(C)c1. The first-order valence-electron chi connectivity index (χ1n) is 10.4. The van der Waals surface area contributed by atoms with Crippen LogP contribution in [0.2, 0.25) is 0 Å². The van der Waals surface area contributed by atoms with Gasteiger partial charge in [0.25, 0.3) is 5.91 Å². The fourth-order valence-corrected chi connectivity index (χ4v) is 3.32. The Morgan fingerprint density at radius 2 is 1.80 bits per heavy atom. The minimum atomic E-state index is -0.554. The normalized spacial score (nSPS) is 12.7. The highest BCUT2D eigenvalue weighted by molar-refractivity contribution is 9.10. The van der Waals surface area contributed by atoms with E-state index in [-0.39, 0.29) is 24.5 Å². The van der Waals surface area contributed by atoms with E-state index < -0.39 is 6.04 Å². The molecule has 0 aliphatic heterocycles. The molecule has 0 saturated carbocycles. The predicted octanol–water partition coefficient (Wildman–Crippen LogP) is 4.86. The molecule has 30 heavy (non-hydrogen) atoms. The molecule has 0 aromatic heterocycles. The van der Waals surface area contributed by atoms with Crippen LogP contribution in [0.1, 0.15) is 44.7 Å². The highest BCUT2D eigenvalue weighted by Crippen LogP contribution is 2.22. The average Bonchev–Trinajstić information content (AvgIpc) is 2.74. The number of amides is 2. The molecule has 0 unspecified atom stereocenters. The first-order chi connectivity index (χ1) is 14.3. The minimum absolute atomic E-state index is 0.0576. The van der Waals surface area contributed by atoms with Crippen LogP contribution < -0.4 is 10.1 Å². The molecule has 5 nitrogen and oxygen atoms in total. The molecule has 2 amide bonds. The number of benzene rings is 2. The van der Waals surface area contributed by atoms with Crippen LogP contribution in [-0.2, 0) is 16.1 Å². The van der Waals surface area contributed by atoms with Crippen LogP contribution in [0.15, 0.2) is 53.0 Å². The van der Waals surface area contributed by atoms with Crippen molar-refractivity contribution in [2.45, 2.75) is 59.2 Å². The maximum atomic E-state index is 13.1. The van der Waals surface area contributed by atoms with Gasteiger partial charge in [-0.2, -0.15) is 0 Å². The number of carbonyl (C=O) groups is 2. The molecule has 0 heterocycles. The van der Waals surface area contributed by atoms with E-state index in [4.69, 9.17) is 4.74 Å². The van der Waals surface area contributed by atoms with E-state index in [1.54, 1.807) is 4.90 Å². The Morgan fingerprint density at radius 3 is 2.40 bits per heavy atom. The Labute approximate surface area is 187 Å². The second-order valence-electron chi connectivity index (χ2n) is 7.45. The molecule has 2 aromatic carbocycles. The van der Waals surface area contributed by atoms with Gasteiger partial charge in [0.05, 0.1) is 0 Å². The third-order valence-corrected chi connectivity index (χ3v) is 5.96. The van der Waals surface area contributed by atoms with Crippen molar-refractivity contribution in [1.29, 1.82) is 0 Å². The highest BCUT2D eigenvalue weighted by Gasteiger charge is 2.29. The Morgan fingerprint density at radius 1 is 1.10 bits per heavy atom. The van der Waals surface area contributed by atoms with Crippen LogP contribution >= 0.6 is 15.9 Å². The lowest BCUT2D eigenvalue weighted by Crippen LogP contribution is -2.51. The van der Waals surface area contributed by atoms with Gasteiger partial charge in [-0.15, -0.1) is 0 Å². The molecule has 0 aliphatic rings. The number of aryl methyl sites for hydroxylation is 1. The lowest BCUT2D eigenvalue weighted by Gasteiger charge is -2.31. The summed E-state index contributed by atoms with van der Waals surface area (Å²) in [5.74, 6) is 0.280. The number of nitrogens with one attached hydrogen (secondary N) is 1. The fraction of sp³-hybridized carbons (Fsp3) is 0.417. The number of nitrogens with zero attached hydrogens (tertiary/aromatic N) is 1. The summed E-state index contributed by atoms with van der Waals surface area (Å²) in [5, 5.41) is 3.01. The number of carbonyl (C=O) groups excluding carboxylic acids is 2. The molecular formula is C24H31BrN2O3. The van der Waals surface area contributed by atoms with E-state index in [0.717, 1.165) is 22.0 Å². The van der Waals surface area contributed by atoms with Gasteiger partial charge in [-0.1, -0.05) is 60.1 Å². The zero-order chi connectivity index (χ0) is 22.1.